The lowest BCUT2D eigenvalue weighted by molar-refractivity contribution is -0.122. The third-order valence-electron chi connectivity index (χ3n) is 4.07. The maximum absolute atomic E-state index is 12.4. The first kappa shape index (κ1) is 17.2. The molecule has 0 spiro atoms. The molecule has 6 nitrogen and oxygen atoms in total. The van der Waals surface area contributed by atoms with Gasteiger partial charge in [-0.3, -0.25) is 4.79 Å². The lowest BCUT2D eigenvalue weighted by atomic mass is 10.2. The predicted octanol–water partition coefficient (Wildman–Crippen LogP) is 3.29. The number of carboxylic acids is 1. The fourth-order valence-corrected chi connectivity index (χ4v) is 3.76. The summed E-state index contributed by atoms with van der Waals surface area (Å²) in [5.41, 5.74) is 2.50. The van der Waals surface area contributed by atoms with Crippen molar-refractivity contribution in [2.45, 2.75) is 33.4 Å². The number of benzene rings is 1. The molecule has 2 aromatic heterocycles. The first-order valence-electron chi connectivity index (χ1n) is 7.91. The second-order valence-corrected chi connectivity index (χ2v) is 7.02. The quantitative estimate of drug-likeness (QED) is 0.734. The van der Waals surface area contributed by atoms with E-state index >= 15 is 0 Å². The maximum Gasteiger partial charge on any atom is 0.347 e. The molecular formula is C18H19N3O3S. The van der Waals surface area contributed by atoms with Crippen molar-refractivity contribution in [3.05, 3.63) is 51.6 Å². The molecule has 0 radical (unpaired) electrons. The number of aromatic carboxylic acids is 1. The van der Waals surface area contributed by atoms with Crippen LogP contribution in [0.1, 0.15) is 39.0 Å². The van der Waals surface area contributed by atoms with Crippen molar-refractivity contribution in [3.8, 4) is 0 Å². The van der Waals surface area contributed by atoms with E-state index in [1.165, 1.54) is 0 Å². The lowest BCUT2D eigenvalue weighted by Crippen LogP contribution is -2.30. The number of nitrogens with one attached hydrogen (secondary N) is 1. The van der Waals surface area contributed by atoms with Crippen LogP contribution in [0.2, 0.25) is 0 Å². The lowest BCUT2D eigenvalue weighted by Gasteiger charge is -2.13. The van der Waals surface area contributed by atoms with E-state index in [0.29, 0.717) is 10.7 Å². The van der Waals surface area contributed by atoms with Gasteiger partial charge in [0.1, 0.15) is 16.4 Å². The molecule has 0 bridgehead atoms. The van der Waals surface area contributed by atoms with Crippen LogP contribution in [-0.2, 0) is 11.3 Å². The molecule has 0 saturated carbocycles. The molecule has 130 valence electrons. The van der Waals surface area contributed by atoms with Crippen molar-refractivity contribution in [1.29, 1.82) is 0 Å². The summed E-state index contributed by atoms with van der Waals surface area (Å²) in [6, 6.07) is 9.64. The van der Waals surface area contributed by atoms with Crippen LogP contribution in [-0.4, -0.2) is 26.5 Å². The van der Waals surface area contributed by atoms with Gasteiger partial charge in [-0.2, -0.15) is 0 Å². The number of hydrogen-bond acceptors (Lipinski definition) is 4. The Morgan fingerprint density at radius 3 is 2.72 bits per heavy atom. The summed E-state index contributed by atoms with van der Waals surface area (Å²) in [5, 5.41) is 13.7. The minimum absolute atomic E-state index is 0.137. The zero-order valence-corrected chi connectivity index (χ0v) is 15.1. The van der Waals surface area contributed by atoms with Crippen LogP contribution in [0.3, 0.4) is 0 Å². The number of carbonyl (C=O) groups excluding carboxylic acids is 1. The summed E-state index contributed by atoms with van der Waals surface area (Å²) in [4.78, 5) is 28.1. The largest absolute Gasteiger partial charge is 0.477 e. The van der Waals surface area contributed by atoms with Gasteiger partial charge in [0.2, 0.25) is 5.91 Å². The Hall–Kier alpha value is -2.67. The van der Waals surface area contributed by atoms with Gasteiger partial charge in [0, 0.05) is 11.2 Å². The number of para-hydroxylation sites is 1. The van der Waals surface area contributed by atoms with E-state index in [1.807, 2.05) is 42.7 Å². The van der Waals surface area contributed by atoms with Crippen LogP contribution in [0, 0.1) is 13.8 Å². The van der Waals surface area contributed by atoms with Gasteiger partial charge in [-0.1, -0.05) is 18.2 Å². The Morgan fingerprint density at radius 1 is 1.32 bits per heavy atom. The Balaban J connectivity index is 1.74. The molecule has 3 rings (SSSR count). The molecule has 1 unspecified atom stereocenters. The van der Waals surface area contributed by atoms with Crippen molar-refractivity contribution < 1.29 is 14.7 Å². The van der Waals surface area contributed by atoms with Gasteiger partial charge in [0.25, 0.3) is 0 Å². The average Bonchev–Trinajstić information content (AvgIpc) is 3.08. The minimum Gasteiger partial charge on any atom is -0.477 e. The highest BCUT2D eigenvalue weighted by molar-refractivity contribution is 7.13. The number of carboxylic acid groups (broad SMARTS) is 1. The minimum atomic E-state index is -0.991. The van der Waals surface area contributed by atoms with Crippen LogP contribution in [0.5, 0.6) is 0 Å². The highest BCUT2D eigenvalue weighted by Gasteiger charge is 2.19. The number of thiazole rings is 1. The van der Waals surface area contributed by atoms with E-state index in [0.717, 1.165) is 27.9 Å². The molecular weight excluding hydrogens is 338 g/mol. The summed E-state index contributed by atoms with van der Waals surface area (Å²) in [6.07, 6.45) is 0. The van der Waals surface area contributed by atoms with Crippen LogP contribution in [0.15, 0.2) is 30.3 Å². The second kappa shape index (κ2) is 6.68. The third kappa shape index (κ3) is 3.41. The van der Waals surface area contributed by atoms with E-state index in [1.54, 1.807) is 6.92 Å². The maximum atomic E-state index is 12.4. The standard InChI is InChI=1S/C18H19N3O3S/c1-10-8-13-6-4-5-7-14(13)21(10)9-15(22)19-12(3)17-20-11(2)16(25-17)18(23)24/h4-8,12H,9H2,1-3H3,(H,19,22)(H,23,24). The van der Waals surface area contributed by atoms with Crippen molar-refractivity contribution in [1.82, 2.24) is 14.9 Å². The topological polar surface area (TPSA) is 84.2 Å². The Labute approximate surface area is 149 Å². The van der Waals surface area contributed by atoms with Crippen molar-refractivity contribution >= 4 is 34.1 Å². The Kier molecular flexibility index (Phi) is 4.59. The fraction of sp³-hybridized carbons (Fsp3) is 0.278. The fourth-order valence-electron chi connectivity index (χ4n) is 2.85. The van der Waals surface area contributed by atoms with Gasteiger partial charge in [0.15, 0.2) is 0 Å². The third-order valence-corrected chi connectivity index (χ3v) is 5.40. The van der Waals surface area contributed by atoms with E-state index in [-0.39, 0.29) is 23.4 Å². The van der Waals surface area contributed by atoms with Crippen LogP contribution in [0.25, 0.3) is 10.9 Å². The van der Waals surface area contributed by atoms with Gasteiger partial charge in [-0.15, -0.1) is 11.3 Å². The molecule has 1 atom stereocenters. The second-order valence-electron chi connectivity index (χ2n) is 5.99. The van der Waals surface area contributed by atoms with Crippen LogP contribution >= 0.6 is 11.3 Å². The number of rotatable bonds is 5. The molecule has 7 heteroatoms. The number of amides is 1. The molecule has 1 aromatic carbocycles. The number of aryl methyl sites for hydroxylation is 2. The summed E-state index contributed by atoms with van der Waals surface area (Å²) < 4.78 is 1.97. The summed E-state index contributed by atoms with van der Waals surface area (Å²) in [7, 11) is 0. The molecule has 0 aliphatic carbocycles. The zero-order valence-electron chi connectivity index (χ0n) is 14.2. The van der Waals surface area contributed by atoms with Crippen molar-refractivity contribution in [2.24, 2.45) is 0 Å². The number of carbonyl (C=O) groups is 2. The smallest absolute Gasteiger partial charge is 0.347 e. The van der Waals surface area contributed by atoms with Crippen molar-refractivity contribution in [3.63, 3.8) is 0 Å². The Morgan fingerprint density at radius 2 is 2.04 bits per heavy atom. The van der Waals surface area contributed by atoms with E-state index in [4.69, 9.17) is 5.11 Å². The number of hydrogen-bond donors (Lipinski definition) is 2. The van der Waals surface area contributed by atoms with E-state index < -0.39 is 5.97 Å². The molecule has 0 aliphatic heterocycles. The molecule has 25 heavy (non-hydrogen) atoms. The van der Waals surface area contributed by atoms with Gasteiger partial charge in [-0.25, -0.2) is 9.78 Å². The zero-order chi connectivity index (χ0) is 18.1. The first-order valence-corrected chi connectivity index (χ1v) is 8.73. The average molecular weight is 357 g/mol. The summed E-state index contributed by atoms with van der Waals surface area (Å²) in [5.74, 6) is -1.13. The highest BCUT2D eigenvalue weighted by Crippen LogP contribution is 2.24. The SMILES string of the molecule is Cc1nc(C(C)NC(=O)Cn2c(C)cc3ccccc32)sc1C(=O)O. The Bertz CT molecular complexity index is 958. The van der Waals surface area contributed by atoms with Gasteiger partial charge < -0.3 is 15.0 Å². The molecule has 0 saturated heterocycles. The molecule has 0 aliphatic rings. The van der Waals surface area contributed by atoms with Crippen LogP contribution in [0.4, 0.5) is 0 Å². The first-order chi connectivity index (χ1) is 11.9. The number of fused-ring (bicyclic) bond motifs is 1. The van der Waals surface area contributed by atoms with Crippen molar-refractivity contribution in [2.75, 3.05) is 0 Å². The monoisotopic (exact) mass is 357 g/mol. The van der Waals surface area contributed by atoms with Gasteiger partial charge >= 0.3 is 5.97 Å². The predicted molar refractivity (Wildman–Crippen MR) is 97.0 cm³/mol. The van der Waals surface area contributed by atoms with Gasteiger partial charge in [-0.05, 0) is 38.3 Å². The molecule has 0 fully saturated rings. The summed E-state index contributed by atoms with van der Waals surface area (Å²) in [6.45, 7) is 5.65. The molecule has 1 amide bonds. The van der Waals surface area contributed by atoms with Gasteiger partial charge in [0.05, 0.1) is 11.7 Å². The molecule has 2 N–H and O–H groups in total. The van der Waals surface area contributed by atoms with E-state index in [2.05, 4.69) is 16.4 Å². The molecule has 2 heterocycles. The summed E-state index contributed by atoms with van der Waals surface area (Å²) >= 11 is 1.10. The molecule has 3 aromatic rings. The number of aromatic nitrogens is 2. The number of nitrogens with zero attached hydrogens (tertiary/aromatic N) is 2. The van der Waals surface area contributed by atoms with E-state index in [9.17, 15) is 9.59 Å². The van der Waals surface area contributed by atoms with Crippen LogP contribution < -0.4 is 5.32 Å². The highest BCUT2D eigenvalue weighted by atomic mass is 32.1. The normalized spacial score (nSPS) is 12.3.